The maximum absolute atomic E-state index is 12.2. The number of rotatable bonds is 2. The number of carbonyl (C=O) groups is 1. The lowest BCUT2D eigenvalue weighted by Gasteiger charge is -2.28. The highest BCUT2D eigenvalue weighted by Crippen LogP contribution is 2.15. The Morgan fingerprint density at radius 2 is 1.95 bits per heavy atom. The Labute approximate surface area is 119 Å². The quantitative estimate of drug-likeness (QED) is 0.879. The first-order valence-corrected chi connectivity index (χ1v) is 6.86. The number of anilines is 1. The van der Waals surface area contributed by atoms with Crippen LogP contribution in [-0.4, -0.2) is 47.7 Å². The van der Waals surface area contributed by atoms with Gasteiger partial charge in [0.25, 0.3) is 5.91 Å². The number of amides is 1. The number of ether oxygens (including phenoxy) is 1. The maximum atomic E-state index is 12.2. The second-order valence-electron chi connectivity index (χ2n) is 5.96. The number of aromatic nitrogens is 2. The van der Waals surface area contributed by atoms with Crippen molar-refractivity contribution >= 4 is 11.7 Å². The Hall–Kier alpha value is -1.69. The lowest BCUT2D eigenvalue weighted by atomic mass is 10.1. The summed E-state index contributed by atoms with van der Waals surface area (Å²) >= 11 is 0. The van der Waals surface area contributed by atoms with Crippen LogP contribution in [0.5, 0.6) is 0 Å². The van der Waals surface area contributed by atoms with E-state index in [0.29, 0.717) is 24.7 Å². The highest BCUT2D eigenvalue weighted by atomic mass is 16.5. The van der Waals surface area contributed by atoms with Crippen LogP contribution in [0.25, 0.3) is 0 Å². The molecule has 1 amide bonds. The minimum Gasteiger partial charge on any atom is -0.378 e. The van der Waals surface area contributed by atoms with Crippen LogP contribution in [-0.2, 0) is 4.74 Å². The van der Waals surface area contributed by atoms with E-state index in [1.165, 1.54) is 0 Å². The van der Waals surface area contributed by atoms with Crippen molar-refractivity contribution in [1.82, 2.24) is 15.3 Å². The molecule has 0 aliphatic carbocycles. The van der Waals surface area contributed by atoms with Gasteiger partial charge in [0.2, 0.25) is 0 Å². The van der Waals surface area contributed by atoms with Gasteiger partial charge in [-0.3, -0.25) is 4.79 Å². The zero-order valence-corrected chi connectivity index (χ0v) is 12.6. The SMILES string of the molecule is Cc1nc(C(=O)NC(C)(C)C)cc(N2CCOCC2)n1. The molecular formula is C14H22N4O2. The van der Waals surface area contributed by atoms with Crippen LogP contribution >= 0.6 is 0 Å². The minimum absolute atomic E-state index is 0.169. The summed E-state index contributed by atoms with van der Waals surface area (Å²) in [5.74, 6) is 1.23. The number of carbonyl (C=O) groups excluding carboxylic acids is 1. The van der Waals surface area contributed by atoms with Gasteiger partial charge < -0.3 is 15.0 Å². The summed E-state index contributed by atoms with van der Waals surface area (Å²) in [7, 11) is 0. The third kappa shape index (κ3) is 3.90. The molecular weight excluding hydrogens is 256 g/mol. The van der Waals surface area contributed by atoms with Gasteiger partial charge in [0.05, 0.1) is 13.2 Å². The van der Waals surface area contributed by atoms with Gasteiger partial charge in [-0.15, -0.1) is 0 Å². The Bertz CT molecular complexity index is 490. The van der Waals surface area contributed by atoms with E-state index in [4.69, 9.17) is 4.74 Å². The molecule has 2 heterocycles. The molecule has 0 unspecified atom stereocenters. The van der Waals surface area contributed by atoms with E-state index < -0.39 is 0 Å². The van der Waals surface area contributed by atoms with Crippen LogP contribution in [0.3, 0.4) is 0 Å². The lowest BCUT2D eigenvalue weighted by molar-refractivity contribution is 0.0914. The summed E-state index contributed by atoms with van der Waals surface area (Å²) in [5, 5.41) is 2.92. The van der Waals surface area contributed by atoms with Gasteiger partial charge in [0.1, 0.15) is 17.3 Å². The third-order valence-corrected chi connectivity index (χ3v) is 2.88. The van der Waals surface area contributed by atoms with Crippen LogP contribution in [0, 0.1) is 6.92 Å². The number of hydrogen-bond acceptors (Lipinski definition) is 5. The topological polar surface area (TPSA) is 67.4 Å². The molecule has 1 saturated heterocycles. The van der Waals surface area contributed by atoms with Gasteiger partial charge in [-0.2, -0.15) is 0 Å². The van der Waals surface area contributed by atoms with E-state index >= 15 is 0 Å². The first-order valence-electron chi connectivity index (χ1n) is 6.86. The molecule has 0 saturated carbocycles. The molecule has 0 spiro atoms. The molecule has 6 nitrogen and oxygen atoms in total. The summed E-state index contributed by atoms with van der Waals surface area (Å²) in [6.07, 6.45) is 0. The van der Waals surface area contributed by atoms with Crippen molar-refractivity contribution in [2.24, 2.45) is 0 Å². The molecule has 1 aliphatic heterocycles. The molecule has 1 N–H and O–H groups in total. The lowest BCUT2D eigenvalue weighted by Crippen LogP contribution is -2.41. The smallest absolute Gasteiger partial charge is 0.270 e. The van der Waals surface area contributed by atoms with Gasteiger partial charge in [-0.05, 0) is 27.7 Å². The van der Waals surface area contributed by atoms with E-state index in [1.807, 2.05) is 20.8 Å². The first kappa shape index (κ1) is 14.7. The predicted molar refractivity (Wildman–Crippen MR) is 77.0 cm³/mol. The standard InChI is InChI=1S/C14H22N4O2/c1-10-15-11(13(19)17-14(2,3)4)9-12(16-10)18-5-7-20-8-6-18/h9H,5-8H2,1-4H3,(H,17,19). The van der Waals surface area contributed by atoms with E-state index in [0.717, 1.165) is 18.9 Å². The average molecular weight is 278 g/mol. The molecule has 0 atom stereocenters. The Morgan fingerprint density at radius 3 is 2.55 bits per heavy atom. The molecule has 1 fully saturated rings. The van der Waals surface area contributed by atoms with Gasteiger partial charge in [0, 0.05) is 24.7 Å². The van der Waals surface area contributed by atoms with E-state index in [9.17, 15) is 4.79 Å². The summed E-state index contributed by atoms with van der Waals surface area (Å²) in [4.78, 5) is 23.0. The number of morpholine rings is 1. The largest absolute Gasteiger partial charge is 0.378 e. The van der Waals surface area contributed by atoms with Gasteiger partial charge in [-0.25, -0.2) is 9.97 Å². The monoisotopic (exact) mass is 278 g/mol. The highest BCUT2D eigenvalue weighted by Gasteiger charge is 2.19. The van der Waals surface area contributed by atoms with E-state index in [-0.39, 0.29) is 11.4 Å². The molecule has 20 heavy (non-hydrogen) atoms. The van der Waals surface area contributed by atoms with Crippen molar-refractivity contribution < 1.29 is 9.53 Å². The van der Waals surface area contributed by atoms with Crippen LogP contribution < -0.4 is 10.2 Å². The summed E-state index contributed by atoms with van der Waals surface area (Å²) in [5.41, 5.74) is 0.128. The zero-order valence-electron chi connectivity index (χ0n) is 12.6. The molecule has 0 radical (unpaired) electrons. The van der Waals surface area contributed by atoms with Crippen LogP contribution in [0.15, 0.2) is 6.07 Å². The van der Waals surface area contributed by atoms with Crippen molar-refractivity contribution in [3.63, 3.8) is 0 Å². The van der Waals surface area contributed by atoms with Crippen LogP contribution in [0.2, 0.25) is 0 Å². The van der Waals surface area contributed by atoms with Crippen molar-refractivity contribution in [2.75, 3.05) is 31.2 Å². The fourth-order valence-electron chi connectivity index (χ4n) is 2.03. The summed E-state index contributed by atoms with van der Waals surface area (Å²) < 4.78 is 5.33. The molecule has 6 heteroatoms. The van der Waals surface area contributed by atoms with Crippen LogP contribution in [0.1, 0.15) is 37.1 Å². The number of hydrogen-bond donors (Lipinski definition) is 1. The van der Waals surface area contributed by atoms with Crippen LogP contribution in [0.4, 0.5) is 5.82 Å². The predicted octanol–water partition coefficient (Wildman–Crippen LogP) is 1.15. The maximum Gasteiger partial charge on any atom is 0.270 e. The van der Waals surface area contributed by atoms with Crippen molar-refractivity contribution in [1.29, 1.82) is 0 Å². The molecule has 1 aromatic rings. The molecule has 1 aromatic heterocycles. The number of nitrogens with zero attached hydrogens (tertiary/aromatic N) is 3. The fraction of sp³-hybridized carbons (Fsp3) is 0.643. The van der Waals surface area contributed by atoms with Gasteiger partial charge in [0.15, 0.2) is 0 Å². The average Bonchev–Trinajstić information content (AvgIpc) is 2.37. The molecule has 0 bridgehead atoms. The number of nitrogens with one attached hydrogen (secondary N) is 1. The zero-order chi connectivity index (χ0) is 14.8. The molecule has 2 rings (SSSR count). The summed E-state index contributed by atoms with van der Waals surface area (Å²) in [6.45, 7) is 10.6. The normalized spacial score (nSPS) is 16.1. The first-order chi connectivity index (χ1) is 9.35. The minimum atomic E-state index is -0.283. The van der Waals surface area contributed by atoms with Crippen molar-refractivity contribution in [3.8, 4) is 0 Å². The van der Waals surface area contributed by atoms with E-state index in [2.05, 4.69) is 20.2 Å². The summed E-state index contributed by atoms with van der Waals surface area (Å²) in [6, 6.07) is 1.75. The second kappa shape index (κ2) is 5.75. The molecule has 0 aromatic carbocycles. The molecule has 110 valence electrons. The van der Waals surface area contributed by atoms with Gasteiger partial charge in [-0.1, -0.05) is 0 Å². The van der Waals surface area contributed by atoms with Gasteiger partial charge >= 0.3 is 0 Å². The second-order valence-corrected chi connectivity index (χ2v) is 5.96. The van der Waals surface area contributed by atoms with E-state index in [1.54, 1.807) is 13.0 Å². The van der Waals surface area contributed by atoms with Crippen molar-refractivity contribution in [2.45, 2.75) is 33.2 Å². The highest BCUT2D eigenvalue weighted by molar-refractivity contribution is 5.93. The van der Waals surface area contributed by atoms with Crippen molar-refractivity contribution in [3.05, 3.63) is 17.6 Å². The fourth-order valence-corrected chi connectivity index (χ4v) is 2.03. The Morgan fingerprint density at radius 1 is 1.30 bits per heavy atom. The molecule has 1 aliphatic rings. The number of aryl methyl sites for hydroxylation is 1. The Balaban J connectivity index is 2.21. The third-order valence-electron chi connectivity index (χ3n) is 2.88. The Kier molecular flexibility index (Phi) is 4.23.